The van der Waals surface area contributed by atoms with Crippen molar-refractivity contribution in [3.05, 3.63) is 47.5 Å². The van der Waals surface area contributed by atoms with E-state index in [2.05, 4.69) is 40.7 Å². The summed E-state index contributed by atoms with van der Waals surface area (Å²) in [5.74, 6) is 5.03. The molecule has 4 aliphatic carbocycles. The maximum Gasteiger partial charge on any atom is 0.338 e. The van der Waals surface area contributed by atoms with Gasteiger partial charge in [-0.1, -0.05) is 83.7 Å². The minimum absolute atomic E-state index is 0.0324. The molecule has 0 radical (unpaired) electrons. The van der Waals surface area contributed by atoms with E-state index in [9.17, 15) is 4.79 Å². The molecule has 0 heterocycles. The number of esters is 1. The van der Waals surface area contributed by atoms with Gasteiger partial charge in [-0.2, -0.15) is 0 Å². The van der Waals surface area contributed by atoms with Crippen molar-refractivity contribution in [2.45, 2.75) is 111 Å². The van der Waals surface area contributed by atoms with E-state index >= 15 is 0 Å². The summed E-state index contributed by atoms with van der Waals surface area (Å²) in [5, 5.41) is 0. The number of hydrogen-bond acceptors (Lipinski definition) is 2. The lowest BCUT2D eigenvalue weighted by Gasteiger charge is -2.58. The standard InChI is InChI=1S/C34H50O2/c1-23(2)10-9-11-24(3)29-16-17-30-28-15-14-26-22-27(36-32(35)25-12-7-6-8-13-25)18-20-33(26,4)31(28)19-21-34(29,30)5/h6-8,12-14,23-24,27-31H,9-11,15-22H2,1-5H3/t24-,27-,28+,29-,30-,31+,33-,34+/m0/s1. The molecule has 0 N–H and O–H groups in total. The fourth-order valence-electron chi connectivity index (χ4n) is 9.55. The Labute approximate surface area is 220 Å². The molecule has 0 saturated heterocycles. The molecule has 0 amide bonds. The zero-order valence-electron chi connectivity index (χ0n) is 23.6. The fourth-order valence-corrected chi connectivity index (χ4v) is 9.55. The molecule has 1 aromatic rings. The van der Waals surface area contributed by atoms with Crippen LogP contribution in [0.4, 0.5) is 0 Å². The van der Waals surface area contributed by atoms with Crippen molar-refractivity contribution in [1.29, 1.82) is 0 Å². The van der Waals surface area contributed by atoms with Crippen LogP contribution < -0.4 is 0 Å². The Morgan fingerprint density at radius 1 is 0.972 bits per heavy atom. The van der Waals surface area contributed by atoms with Gasteiger partial charge in [-0.25, -0.2) is 4.79 Å². The number of carbonyl (C=O) groups is 1. The van der Waals surface area contributed by atoms with Crippen LogP contribution in [0.5, 0.6) is 0 Å². The lowest BCUT2D eigenvalue weighted by atomic mass is 9.47. The van der Waals surface area contributed by atoms with Crippen LogP contribution in [0.15, 0.2) is 42.0 Å². The van der Waals surface area contributed by atoms with Crippen molar-refractivity contribution in [2.75, 3.05) is 0 Å². The average molecular weight is 491 g/mol. The summed E-state index contributed by atoms with van der Waals surface area (Å²) >= 11 is 0. The Balaban J connectivity index is 1.25. The van der Waals surface area contributed by atoms with Gasteiger partial charge >= 0.3 is 5.97 Å². The molecular weight excluding hydrogens is 440 g/mol. The maximum absolute atomic E-state index is 12.7. The number of ether oxygens (including phenoxy) is 1. The summed E-state index contributed by atoms with van der Waals surface area (Å²) in [6, 6.07) is 9.49. The highest BCUT2D eigenvalue weighted by Gasteiger charge is 2.59. The van der Waals surface area contributed by atoms with E-state index in [1.54, 1.807) is 5.57 Å². The highest BCUT2D eigenvalue weighted by Crippen LogP contribution is 2.67. The number of allylic oxidation sites excluding steroid dienone is 1. The third-order valence-electron chi connectivity index (χ3n) is 11.5. The summed E-state index contributed by atoms with van der Waals surface area (Å²) in [4.78, 5) is 12.7. The predicted octanol–water partition coefficient (Wildman–Crippen LogP) is 9.25. The quantitative estimate of drug-likeness (QED) is 0.281. The van der Waals surface area contributed by atoms with Crippen LogP contribution in [0, 0.1) is 46.3 Å². The molecule has 3 fully saturated rings. The largest absolute Gasteiger partial charge is 0.458 e. The molecule has 4 aliphatic rings. The molecular formula is C34H50O2. The molecule has 3 saturated carbocycles. The summed E-state index contributed by atoms with van der Waals surface area (Å²) < 4.78 is 6.00. The maximum atomic E-state index is 12.7. The van der Waals surface area contributed by atoms with Crippen LogP contribution in [0.3, 0.4) is 0 Å². The number of carbonyl (C=O) groups excluding carboxylic acids is 1. The zero-order valence-corrected chi connectivity index (χ0v) is 23.6. The molecule has 0 unspecified atom stereocenters. The second-order valence-electron chi connectivity index (χ2n) is 13.9. The van der Waals surface area contributed by atoms with Gasteiger partial charge < -0.3 is 4.74 Å². The second kappa shape index (κ2) is 10.3. The second-order valence-corrected chi connectivity index (χ2v) is 13.9. The van der Waals surface area contributed by atoms with Gasteiger partial charge in [0.15, 0.2) is 0 Å². The lowest BCUT2D eigenvalue weighted by Crippen LogP contribution is -2.51. The molecule has 0 aromatic heterocycles. The minimum Gasteiger partial charge on any atom is -0.458 e. The summed E-state index contributed by atoms with van der Waals surface area (Å²) in [7, 11) is 0. The Bertz CT molecular complexity index is 947. The van der Waals surface area contributed by atoms with Crippen molar-refractivity contribution < 1.29 is 9.53 Å². The molecule has 0 aliphatic heterocycles. The summed E-state index contributed by atoms with van der Waals surface area (Å²) in [6.45, 7) is 12.6. The van der Waals surface area contributed by atoms with Crippen molar-refractivity contribution in [3.8, 4) is 0 Å². The molecule has 2 heteroatoms. The number of fused-ring (bicyclic) bond motifs is 5. The fraction of sp³-hybridized carbons (Fsp3) is 0.735. The third-order valence-corrected chi connectivity index (χ3v) is 11.5. The van der Waals surface area contributed by atoms with Crippen LogP contribution in [0.2, 0.25) is 0 Å². The van der Waals surface area contributed by atoms with Gasteiger partial charge in [0, 0.05) is 6.42 Å². The van der Waals surface area contributed by atoms with E-state index in [0.29, 0.717) is 16.4 Å². The normalized spacial score (nSPS) is 38.5. The SMILES string of the molecule is CC(C)CCC[C@H](C)[C@@H]1CC[C@H]2[C@H]3CC=C4C[C@@H](OC(=O)c5ccccc5)CC[C@]4(C)[C@@H]3CC[C@@]21C. The van der Waals surface area contributed by atoms with Crippen molar-refractivity contribution in [3.63, 3.8) is 0 Å². The lowest BCUT2D eigenvalue weighted by molar-refractivity contribution is -0.0594. The van der Waals surface area contributed by atoms with Crippen LogP contribution in [0.1, 0.15) is 116 Å². The Hall–Kier alpha value is -1.57. The van der Waals surface area contributed by atoms with Gasteiger partial charge in [0.2, 0.25) is 0 Å². The van der Waals surface area contributed by atoms with Gasteiger partial charge in [-0.05, 0) is 103 Å². The Morgan fingerprint density at radius 3 is 2.50 bits per heavy atom. The van der Waals surface area contributed by atoms with E-state index in [0.717, 1.165) is 48.3 Å². The van der Waals surface area contributed by atoms with E-state index in [1.165, 1.54) is 57.8 Å². The van der Waals surface area contributed by atoms with E-state index in [-0.39, 0.29) is 12.1 Å². The van der Waals surface area contributed by atoms with Gasteiger partial charge in [-0.15, -0.1) is 0 Å². The predicted molar refractivity (Wildman–Crippen MR) is 149 cm³/mol. The number of hydrogen-bond donors (Lipinski definition) is 0. The smallest absolute Gasteiger partial charge is 0.338 e. The molecule has 1 aromatic carbocycles. The molecule has 5 rings (SSSR count). The van der Waals surface area contributed by atoms with E-state index in [4.69, 9.17) is 4.74 Å². The van der Waals surface area contributed by atoms with Crippen LogP contribution >= 0.6 is 0 Å². The van der Waals surface area contributed by atoms with Crippen molar-refractivity contribution >= 4 is 5.97 Å². The molecule has 0 spiro atoms. The third kappa shape index (κ3) is 4.71. The highest BCUT2D eigenvalue weighted by atomic mass is 16.5. The highest BCUT2D eigenvalue weighted by molar-refractivity contribution is 5.89. The topological polar surface area (TPSA) is 26.3 Å². The summed E-state index contributed by atoms with van der Waals surface area (Å²) in [6.07, 6.45) is 17.0. The van der Waals surface area contributed by atoms with Gasteiger partial charge in [-0.3, -0.25) is 0 Å². The molecule has 36 heavy (non-hydrogen) atoms. The van der Waals surface area contributed by atoms with Crippen LogP contribution in [-0.4, -0.2) is 12.1 Å². The molecule has 0 bridgehead atoms. The minimum atomic E-state index is -0.161. The summed E-state index contributed by atoms with van der Waals surface area (Å²) in [5.41, 5.74) is 3.12. The van der Waals surface area contributed by atoms with Gasteiger partial charge in [0.25, 0.3) is 0 Å². The number of rotatable bonds is 7. The van der Waals surface area contributed by atoms with Crippen molar-refractivity contribution in [2.24, 2.45) is 46.3 Å². The first-order valence-electron chi connectivity index (χ1n) is 15.2. The molecule has 2 nitrogen and oxygen atoms in total. The van der Waals surface area contributed by atoms with Crippen molar-refractivity contribution in [1.82, 2.24) is 0 Å². The Morgan fingerprint density at radius 2 is 1.75 bits per heavy atom. The first-order chi connectivity index (χ1) is 17.2. The molecule has 8 atom stereocenters. The zero-order chi connectivity index (χ0) is 25.5. The number of benzene rings is 1. The molecule has 198 valence electrons. The van der Waals surface area contributed by atoms with Gasteiger partial charge in [0.1, 0.15) is 6.10 Å². The monoisotopic (exact) mass is 490 g/mol. The Kier molecular flexibility index (Phi) is 7.45. The van der Waals surface area contributed by atoms with Crippen LogP contribution in [-0.2, 0) is 4.74 Å². The van der Waals surface area contributed by atoms with E-state index in [1.807, 2.05) is 30.3 Å². The first kappa shape index (κ1) is 26.1. The first-order valence-corrected chi connectivity index (χ1v) is 15.2. The van der Waals surface area contributed by atoms with Crippen LogP contribution in [0.25, 0.3) is 0 Å². The van der Waals surface area contributed by atoms with Gasteiger partial charge in [0.05, 0.1) is 5.56 Å². The van der Waals surface area contributed by atoms with E-state index < -0.39 is 0 Å². The average Bonchev–Trinajstić information content (AvgIpc) is 3.22.